The molecule has 2 aromatic rings. The van der Waals surface area contributed by atoms with Gasteiger partial charge in [0.1, 0.15) is 12.4 Å². The molecule has 6 heteroatoms. The van der Waals surface area contributed by atoms with Crippen molar-refractivity contribution in [2.24, 2.45) is 0 Å². The number of benzene rings is 2. The van der Waals surface area contributed by atoms with Crippen LogP contribution in [-0.2, 0) is 16.0 Å². The number of halogens is 1. The smallest absolute Gasteiger partial charge is 0.228 e. The zero-order chi connectivity index (χ0) is 17.1. The van der Waals surface area contributed by atoms with E-state index in [-0.39, 0.29) is 18.2 Å². The summed E-state index contributed by atoms with van der Waals surface area (Å²) in [6.07, 6.45) is 0.251. The number of hydrogen-bond donors (Lipinski definition) is 1. The molecule has 3 rings (SSSR count). The number of carbonyl (C=O) groups is 2. The summed E-state index contributed by atoms with van der Waals surface area (Å²) in [5, 5.41) is 3.49. The van der Waals surface area contributed by atoms with Gasteiger partial charge in [-0.1, -0.05) is 23.7 Å². The van der Waals surface area contributed by atoms with Gasteiger partial charge >= 0.3 is 0 Å². The Morgan fingerprint density at radius 3 is 2.67 bits per heavy atom. The minimum Gasteiger partial charge on any atom is -0.490 e. The summed E-state index contributed by atoms with van der Waals surface area (Å²) >= 11 is 5.84. The van der Waals surface area contributed by atoms with Crippen molar-refractivity contribution in [2.75, 3.05) is 23.4 Å². The molecule has 0 radical (unpaired) electrons. The Bertz CT molecular complexity index is 774. The molecule has 2 amide bonds. The largest absolute Gasteiger partial charge is 0.490 e. The van der Waals surface area contributed by atoms with Gasteiger partial charge in [0.25, 0.3) is 0 Å². The molecule has 0 spiro atoms. The predicted molar refractivity (Wildman–Crippen MR) is 93.7 cm³/mol. The van der Waals surface area contributed by atoms with Crippen LogP contribution in [0.4, 0.5) is 11.4 Å². The third-order valence-electron chi connectivity index (χ3n) is 3.76. The molecule has 0 saturated heterocycles. The van der Waals surface area contributed by atoms with Crippen LogP contribution in [0.5, 0.6) is 5.75 Å². The van der Waals surface area contributed by atoms with Crippen molar-refractivity contribution >= 4 is 34.8 Å². The quantitative estimate of drug-likeness (QED) is 0.929. The molecule has 0 aliphatic carbocycles. The summed E-state index contributed by atoms with van der Waals surface area (Å²) in [6, 6.07) is 12.4. The van der Waals surface area contributed by atoms with Gasteiger partial charge in [0, 0.05) is 17.6 Å². The molecule has 0 fully saturated rings. The van der Waals surface area contributed by atoms with Crippen LogP contribution in [0.15, 0.2) is 42.5 Å². The van der Waals surface area contributed by atoms with Gasteiger partial charge in [0.05, 0.1) is 18.7 Å². The van der Waals surface area contributed by atoms with E-state index < -0.39 is 0 Å². The maximum atomic E-state index is 12.2. The van der Waals surface area contributed by atoms with E-state index in [0.717, 1.165) is 5.56 Å². The minimum atomic E-state index is -0.136. The van der Waals surface area contributed by atoms with Crippen LogP contribution in [0.1, 0.15) is 12.5 Å². The van der Waals surface area contributed by atoms with Crippen LogP contribution < -0.4 is 15.0 Å². The minimum absolute atomic E-state index is 0.0517. The molecule has 5 nitrogen and oxygen atoms in total. The second kappa shape index (κ2) is 6.93. The van der Waals surface area contributed by atoms with E-state index >= 15 is 0 Å². The molecule has 0 unspecified atom stereocenters. The average molecular weight is 345 g/mol. The van der Waals surface area contributed by atoms with Gasteiger partial charge in [-0.05, 0) is 35.9 Å². The standard InChI is InChI=1S/C18H17ClN2O3/c1-12(22)21-8-9-24-17-7-6-15(11-16(17)21)20-18(23)10-13-2-4-14(19)5-3-13/h2-7,11H,8-10H2,1H3,(H,20,23). The monoisotopic (exact) mass is 344 g/mol. The molecule has 0 bridgehead atoms. The number of carbonyl (C=O) groups excluding carboxylic acids is 2. The van der Waals surface area contributed by atoms with Crippen molar-refractivity contribution in [3.8, 4) is 5.75 Å². The van der Waals surface area contributed by atoms with Crippen molar-refractivity contribution in [3.63, 3.8) is 0 Å². The highest BCUT2D eigenvalue weighted by Crippen LogP contribution is 2.34. The lowest BCUT2D eigenvalue weighted by atomic mass is 10.1. The third-order valence-corrected chi connectivity index (χ3v) is 4.02. The van der Waals surface area contributed by atoms with Crippen LogP contribution in [0.2, 0.25) is 5.02 Å². The molecule has 0 aromatic heterocycles. The van der Waals surface area contributed by atoms with Gasteiger partial charge < -0.3 is 15.0 Å². The fourth-order valence-corrected chi connectivity index (χ4v) is 2.74. The number of rotatable bonds is 3. The van der Waals surface area contributed by atoms with E-state index in [2.05, 4.69) is 5.32 Å². The predicted octanol–water partition coefficient (Wildman–Crippen LogP) is 3.27. The summed E-state index contributed by atoms with van der Waals surface area (Å²) in [4.78, 5) is 25.6. The number of fused-ring (bicyclic) bond motifs is 1. The fourth-order valence-electron chi connectivity index (χ4n) is 2.62. The maximum Gasteiger partial charge on any atom is 0.228 e. The average Bonchev–Trinajstić information content (AvgIpc) is 2.56. The van der Waals surface area contributed by atoms with Crippen molar-refractivity contribution < 1.29 is 14.3 Å². The van der Waals surface area contributed by atoms with E-state index in [9.17, 15) is 9.59 Å². The highest BCUT2D eigenvalue weighted by molar-refractivity contribution is 6.30. The molecular weight excluding hydrogens is 328 g/mol. The normalized spacial score (nSPS) is 13.0. The number of ether oxygens (including phenoxy) is 1. The summed E-state index contributed by atoms with van der Waals surface area (Å²) in [5.74, 6) is 0.458. The Morgan fingerprint density at radius 2 is 1.96 bits per heavy atom. The maximum absolute atomic E-state index is 12.2. The number of nitrogens with zero attached hydrogens (tertiary/aromatic N) is 1. The molecular formula is C18H17ClN2O3. The van der Waals surface area contributed by atoms with Crippen molar-refractivity contribution in [1.82, 2.24) is 0 Å². The van der Waals surface area contributed by atoms with E-state index in [1.807, 2.05) is 12.1 Å². The first-order chi connectivity index (χ1) is 11.5. The molecule has 1 aliphatic rings. The molecule has 24 heavy (non-hydrogen) atoms. The van der Waals surface area contributed by atoms with Crippen LogP contribution in [0, 0.1) is 0 Å². The summed E-state index contributed by atoms with van der Waals surface area (Å²) < 4.78 is 5.55. The van der Waals surface area contributed by atoms with Crippen LogP contribution >= 0.6 is 11.6 Å². The van der Waals surface area contributed by atoms with Gasteiger partial charge in [0.15, 0.2) is 0 Å². The van der Waals surface area contributed by atoms with Crippen molar-refractivity contribution in [1.29, 1.82) is 0 Å². The van der Waals surface area contributed by atoms with Crippen molar-refractivity contribution in [2.45, 2.75) is 13.3 Å². The zero-order valence-corrected chi connectivity index (χ0v) is 14.0. The number of anilines is 2. The van der Waals surface area contributed by atoms with Crippen molar-refractivity contribution in [3.05, 3.63) is 53.1 Å². The Labute approximate surface area is 145 Å². The summed E-state index contributed by atoms with van der Waals surface area (Å²) in [6.45, 7) is 2.49. The van der Waals surface area contributed by atoms with Crippen LogP contribution in [-0.4, -0.2) is 25.0 Å². The van der Waals surface area contributed by atoms with E-state index in [1.54, 1.807) is 35.2 Å². The molecule has 1 N–H and O–H groups in total. The highest BCUT2D eigenvalue weighted by atomic mass is 35.5. The molecule has 0 atom stereocenters. The SMILES string of the molecule is CC(=O)N1CCOc2ccc(NC(=O)Cc3ccc(Cl)cc3)cc21. The Kier molecular flexibility index (Phi) is 4.71. The molecule has 1 aliphatic heterocycles. The Hall–Kier alpha value is -2.53. The van der Waals surface area contributed by atoms with Gasteiger partial charge in [0.2, 0.25) is 11.8 Å². The van der Waals surface area contributed by atoms with Gasteiger partial charge in [-0.3, -0.25) is 9.59 Å². The van der Waals surface area contributed by atoms with E-state index in [1.165, 1.54) is 6.92 Å². The first-order valence-corrected chi connectivity index (χ1v) is 8.00. The van der Waals surface area contributed by atoms with Gasteiger partial charge in [-0.2, -0.15) is 0 Å². The first kappa shape index (κ1) is 16.3. The van der Waals surface area contributed by atoms with Crippen LogP contribution in [0.25, 0.3) is 0 Å². The Balaban J connectivity index is 1.73. The molecule has 124 valence electrons. The van der Waals surface area contributed by atoms with E-state index in [4.69, 9.17) is 16.3 Å². The Morgan fingerprint density at radius 1 is 1.21 bits per heavy atom. The number of hydrogen-bond acceptors (Lipinski definition) is 3. The van der Waals surface area contributed by atoms with Gasteiger partial charge in [-0.15, -0.1) is 0 Å². The lowest BCUT2D eigenvalue weighted by molar-refractivity contribution is -0.117. The molecule has 0 saturated carbocycles. The summed E-state index contributed by atoms with van der Waals surface area (Å²) in [7, 11) is 0. The van der Waals surface area contributed by atoms with Crippen LogP contribution in [0.3, 0.4) is 0 Å². The van der Waals surface area contributed by atoms with E-state index in [0.29, 0.717) is 35.3 Å². The highest BCUT2D eigenvalue weighted by Gasteiger charge is 2.21. The lowest BCUT2D eigenvalue weighted by Crippen LogP contribution is -2.36. The third kappa shape index (κ3) is 3.68. The fraction of sp³-hybridized carbons (Fsp3) is 0.222. The summed E-state index contributed by atoms with van der Waals surface area (Å²) in [5.41, 5.74) is 2.19. The van der Waals surface area contributed by atoms with Gasteiger partial charge in [-0.25, -0.2) is 0 Å². The number of amides is 2. The second-order valence-corrected chi connectivity index (χ2v) is 5.99. The lowest BCUT2D eigenvalue weighted by Gasteiger charge is -2.29. The molecule has 2 aromatic carbocycles. The molecule has 1 heterocycles. The topological polar surface area (TPSA) is 58.6 Å². The number of nitrogens with one attached hydrogen (secondary N) is 1. The zero-order valence-electron chi connectivity index (χ0n) is 13.2. The first-order valence-electron chi connectivity index (χ1n) is 7.62. The second-order valence-electron chi connectivity index (χ2n) is 5.55.